The van der Waals surface area contributed by atoms with Gasteiger partial charge in [-0.2, -0.15) is 5.26 Å². The summed E-state index contributed by atoms with van der Waals surface area (Å²) >= 11 is 6.68. The van der Waals surface area contributed by atoms with E-state index in [4.69, 9.17) is 73.1 Å². The highest BCUT2D eigenvalue weighted by Crippen LogP contribution is 2.58. The summed E-state index contributed by atoms with van der Waals surface area (Å²) in [7, 11) is -2.32. The lowest BCUT2D eigenvalue weighted by Crippen LogP contribution is -2.50. The number of fused-ring (bicyclic) bond motifs is 1. The summed E-state index contributed by atoms with van der Waals surface area (Å²) in [6, 6.07) is 45.2. The first kappa shape index (κ1) is 72.8. The van der Waals surface area contributed by atoms with Crippen LogP contribution in [0.5, 0.6) is 11.5 Å². The highest BCUT2D eigenvalue weighted by molar-refractivity contribution is 8.07. The van der Waals surface area contributed by atoms with E-state index in [1.165, 1.54) is 12.7 Å². The van der Waals surface area contributed by atoms with Gasteiger partial charge >= 0.3 is 6.72 Å². The maximum Gasteiger partial charge on any atom is 0.327 e. The molecule has 2 N–H and O–H groups in total. The van der Waals surface area contributed by atoms with Crippen LogP contribution in [0.15, 0.2) is 165 Å². The minimum Gasteiger partial charge on any atom is -0.497 e. The lowest BCUT2D eigenvalue weighted by Gasteiger charge is -2.42. The second-order valence-electron chi connectivity index (χ2n) is 28.9. The molecular formula is C75H89N10O12PSSi2. The van der Waals surface area contributed by atoms with Crippen molar-refractivity contribution in [1.82, 2.24) is 34.1 Å². The summed E-state index contributed by atoms with van der Waals surface area (Å²) in [5.74, 6) is 0.783. The molecule has 6 heterocycles. The summed E-state index contributed by atoms with van der Waals surface area (Å²) < 4.78 is 66.7. The van der Waals surface area contributed by atoms with E-state index >= 15 is 0 Å². The third-order valence-electron chi connectivity index (χ3n) is 20.6. The molecule has 3 aliphatic rings. The maximum absolute atomic E-state index is 14.3. The second kappa shape index (κ2) is 29.8. The van der Waals surface area contributed by atoms with Crippen molar-refractivity contribution < 1.29 is 56.1 Å². The van der Waals surface area contributed by atoms with Gasteiger partial charge in [-0.25, -0.2) is 24.9 Å². The first-order valence-corrected chi connectivity index (χ1v) is 42.5. The van der Waals surface area contributed by atoms with Crippen LogP contribution in [0.2, 0.25) is 36.3 Å². The Morgan fingerprint density at radius 1 is 0.703 bits per heavy atom. The number of carbonyl (C=O) groups is 2. The van der Waals surface area contributed by atoms with Crippen LogP contribution in [0.4, 0.5) is 11.6 Å². The van der Waals surface area contributed by atoms with Crippen LogP contribution in [0.1, 0.15) is 116 Å². The van der Waals surface area contributed by atoms with E-state index in [0.717, 1.165) is 27.6 Å². The molecule has 1 aliphatic carbocycles. The molecule has 2 fully saturated rings. The number of aromatic nitrogens is 7. The highest BCUT2D eigenvalue weighted by Gasteiger charge is 2.56. The Bertz CT molecular complexity index is 4430. The first-order valence-electron chi connectivity index (χ1n) is 34.2. The summed E-state index contributed by atoms with van der Waals surface area (Å²) in [5.41, 5.74) is 4.15. The zero-order chi connectivity index (χ0) is 71.7. The number of anilines is 2. The van der Waals surface area contributed by atoms with Gasteiger partial charge in [-0.3, -0.25) is 23.6 Å². The average Bonchev–Trinajstić information content (AvgIpc) is 1.68. The van der Waals surface area contributed by atoms with E-state index in [0.29, 0.717) is 59.9 Å². The van der Waals surface area contributed by atoms with Crippen molar-refractivity contribution in [3.05, 3.63) is 198 Å². The predicted molar refractivity (Wildman–Crippen MR) is 394 cm³/mol. The quantitative estimate of drug-likeness (QED) is 0.0233. The van der Waals surface area contributed by atoms with E-state index in [2.05, 4.69) is 94.9 Å². The predicted octanol–water partition coefficient (Wildman–Crippen LogP) is 14.3. The number of ether oxygens (including phenoxy) is 4. The van der Waals surface area contributed by atoms with Gasteiger partial charge < -0.3 is 51.8 Å². The van der Waals surface area contributed by atoms with Gasteiger partial charge in [0.05, 0.1) is 76.5 Å². The SMILES string of the molecule is COc1ccc(C(OC[C@H]2O[C@@H](n3cnc4c(NC(=O)c5ccccc5)ncnc43)[C@H](OP(=S)(OCCC#N)OC[C@H]3C[C@@H](n4cc5c6c(ncnc64)N(C(=O)c4ccccc4)CCC5)[C@H](O[Si](C)(C)C(C)(C)C)[C@@H]3O)[C@@H]2O[Si](C)(C)C(C)(C)C)(c2ccccc2)c2ccc(OC)cc2)cc1. The smallest absolute Gasteiger partial charge is 0.327 e. The van der Waals surface area contributed by atoms with Gasteiger partial charge in [-0.1, -0.05) is 133 Å². The van der Waals surface area contributed by atoms with Crippen LogP contribution in [0.3, 0.4) is 0 Å². The highest BCUT2D eigenvalue weighted by atomic mass is 32.5. The van der Waals surface area contributed by atoms with Crippen LogP contribution in [0.25, 0.3) is 22.2 Å². The fourth-order valence-corrected chi connectivity index (χ4v) is 17.9. The fourth-order valence-electron chi connectivity index (χ4n) is 13.1. The Kier molecular flexibility index (Phi) is 21.5. The minimum absolute atomic E-state index is 0.0628. The van der Waals surface area contributed by atoms with E-state index < -0.39 is 83.6 Å². The van der Waals surface area contributed by atoms with Crippen LogP contribution in [-0.2, 0) is 55.7 Å². The molecule has 1 saturated heterocycles. The van der Waals surface area contributed by atoms with Gasteiger partial charge in [0, 0.05) is 29.8 Å². The number of nitrogens with zero attached hydrogens (tertiary/aromatic N) is 9. The van der Waals surface area contributed by atoms with Crippen molar-refractivity contribution in [2.45, 2.75) is 152 Å². The van der Waals surface area contributed by atoms with Crippen LogP contribution >= 0.6 is 6.72 Å². The molecule has 2 aliphatic heterocycles. The van der Waals surface area contributed by atoms with Crippen LogP contribution in [-0.4, -0.2) is 139 Å². The van der Waals surface area contributed by atoms with Gasteiger partial charge in [0.25, 0.3) is 11.8 Å². The van der Waals surface area contributed by atoms with Crippen LogP contribution < -0.4 is 19.7 Å². The Balaban J connectivity index is 0.957. The molecule has 12 rings (SSSR count). The standard InChI is InChI=1S/C75H89N10O12PSSi2/c1-73(2,3)100(9,10)96-63-58(84-43-51-28-22-40-83(67-60(51)68(84)79-47-78-67)71(88)50-26-18-14-19-27-50)42-52(62(63)86)44-93-98(99,92-41-23-39-76)95-65-64(97-101(11,12)74(4,5)6)59(94-72(65)85-48-81-61-66(77-46-80-69(61)85)82-70(87)49-24-16-13-17-25-49)45-91-75(53-29-20-15-21-30-53,54-31-35-56(89-7)36-32-54)55-33-37-57(90-8)38-34-55/h13-21,24-27,29-38,43,46-48,52,58-59,62-65,72,86H,22-23,28,40-42,44-45H2,1-12H3,(H,77,80,82,87)/t52-,58-,59-,62-,63+,64-,65-,72-,98?/m1/s1. The number of hydrogen-bond acceptors (Lipinski definition) is 19. The van der Waals surface area contributed by atoms with Crippen molar-refractivity contribution in [3.63, 3.8) is 0 Å². The maximum atomic E-state index is 14.3. The summed E-state index contributed by atoms with van der Waals surface area (Å²) in [4.78, 5) is 53.8. The van der Waals surface area contributed by atoms with E-state index in [1.807, 2.05) is 115 Å². The number of carbonyl (C=O) groups excluding carboxylic acids is 2. The molecule has 2 amide bonds. The van der Waals surface area contributed by atoms with Crippen molar-refractivity contribution in [3.8, 4) is 17.6 Å². The van der Waals surface area contributed by atoms with Gasteiger partial charge in [0.2, 0.25) is 0 Å². The largest absolute Gasteiger partial charge is 0.497 e. The monoisotopic (exact) mass is 1440 g/mol. The zero-order valence-electron chi connectivity index (χ0n) is 59.2. The molecule has 1 unspecified atom stereocenters. The van der Waals surface area contributed by atoms with Crippen molar-refractivity contribution >= 4 is 80.8 Å². The zero-order valence-corrected chi connectivity index (χ0v) is 62.9. The number of aliphatic hydroxyl groups excluding tert-OH is 1. The van der Waals surface area contributed by atoms with Crippen molar-refractivity contribution in [2.75, 3.05) is 50.8 Å². The molecule has 9 atom stereocenters. The normalized spacial score (nSPS) is 21.1. The van der Waals surface area contributed by atoms with Crippen molar-refractivity contribution in [1.29, 1.82) is 5.26 Å². The Labute approximate surface area is 597 Å². The van der Waals surface area contributed by atoms with E-state index in [1.54, 1.807) is 54.3 Å². The average molecular weight is 1440 g/mol. The Hall–Kier alpha value is -7.94. The number of imidazole rings is 1. The number of nitriles is 1. The fraction of sp³-hybridized carbons (Fsp3) is 0.413. The van der Waals surface area contributed by atoms with Crippen LogP contribution in [0, 0.1) is 17.2 Å². The minimum atomic E-state index is -4.14. The summed E-state index contributed by atoms with van der Waals surface area (Å²) in [6.07, 6.45) is 1.83. The molecule has 530 valence electrons. The van der Waals surface area contributed by atoms with Gasteiger partial charge in [0.15, 0.2) is 39.8 Å². The lowest BCUT2D eigenvalue weighted by atomic mass is 9.80. The molecule has 0 bridgehead atoms. The number of methoxy groups -OCH3 is 2. The number of benzene rings is 5. The molecule has 5 aromatic carbocycles. The third-order valence-corrected chi connectivity index (χ3v) is 31.9. The number of aryl methyl sites for hydroxylation is 1. The van der Waals surface area contributed by atoms with Crippen molar-refractivity contribution in [2.24, 2.45) is 5.92 Å². The number of hydrogen-bond donors (Lipinski definition) is 2. The number of nitrogens with one attached hydrogen (secondary N) is 1. The molecule has 1 saturated carbocycles. The molecule has 0 radical (unpaired) electrons. The lowest BCUT2D eigenvalue weighted by molar-refractivity contribution is -0.0929. The topological polar surface area (TPSA) is 251 Å². The van der Waals surface area contributed by atoms with Gasteiger partial charge in [-0.15, -0.1) is 0 Å². The summed E-state index contributed by atoms with van der Waals surface area (Å²) in [6.45, 7) is 17.4. The van der Waals surface area contributed by atoms with E-state index in [9.17, 15) is 20.0 Å². The van der Waals surface area contributed by atoms with Gasteiger partial charge in [0.1, 0.15) is 59.5 Å². The Morgan fingerprint density at radius 2 is 1.28 bits per heavy atom. The van der Waals surface area contributed by atoms with Gasteiger partial charge in [-0.05, 0) is 138 Å². The summed E-state index contributed by atoms with van der Waals surface area (Å²) in [5, 5.41) is 26.3. The molecule has 26 heteroatoms. The number of rotatable bonds is 25. The Morgan fingerprint density at radius 3 is 1.88 bits per heavy atom. The molecule has 22 nitrogen and oxygen atoms in total. The molecule has 4 aromatic heterocycles. The first-order chi connectivity index (χ1) is 48.3. The van der Waals surface area contributed by atoms with E-state index in [-0.39, 0.29) is 59.2 Å². The number of amides is 2. The molecule has 0 spiro atoms. The molecule has 101 heavy (non-hydrogen) atoms. The molecular weight excluding hydrogens is 1350 g/mol. The molecule has 9 aromatic rings. The number of aliphatic hydroxyl groups is 1. The third kappa shape index (κ3) is 14.9. The second-order valence-corrected chi connectivity index (χ2v) is 41.4.